The minimum Gasteiger partial charge on any atom is -0.497 e. The third-order valence-electron chi connectivity index (χ3n) is 4.24. The lowest BCUT2D eigenvalue weighted by molar-refractivity contribution is -0.151. The van der Waals surface area contributed by atoms with E-state index in [2.05, 4.69) is 10.0 Å². The quantitative estimate of drug-likeness (QED) is 0.451. The van der Waals surface area contributed by atoms with Crippen molar-refractivity contribution in [2.24, 2.45) is 0 Å². The van der Waals surface area contributed by atoms with Crippen LogP contribution in [0.5, 0.6) is 5.75 Å². The Bertz CT molecular complexity index is 1110. The number of carbonyl (C=O) groups is 3. The molecule has 2 rings (SSSR count). The molecule has 0 radical (unpaired) electrons. The lowest BCUT2D eigenvalue weighted by atomic mass is 10.3. The fraction of sp³-hybridized carbons (Fsp3) is 0.286. The predicted molar refractivity (Wildman–Crippen MR) is 121 cm³/mol. The van der Waals surface area contributed by atoms with Crippen molar-refractivity contribution in [1.29, 1.82) is 0 Å². The Morgan fingerprint density at radius 3 is 2.52 bits per heavy atom. The summed E-state index contributed by atoms with van der Waals surface area (Å²) in [5, 5.41) is 2.89. The number of halogens is 1. The number of amides is 2. The van der Waals surface area contributed by atoms with Crippen LogP contribution in [0.3, 0.4) is 0 Å². The van der Waals surface area contributed by atoms with E-state index < -0.39 is 34.4 Å². The zero-order valence-electron chi connectivity index (χ0n) is 18.0. The second-order valence-corrected chi connectivity index (χ2v) is 9.00. The number of anilines is 1. The number of hydrogen-bond acceptors (Lipinski definition) is 7. The highest BCUT2D eigenvalue weighted by Crippen LogP contribution is 2.17. The van der Waals surface area contributed by atoms with Crippen molar-refractivity contribution in [1.82, 2.24) is 9.62 Å². The van der Waals surface area contributed by atoms with Crippen LogP contribution in [0.4, 0.5) is 5.69 Å². The predicted octanol–water partition coefficient (Wildman–Crippen LogP) is 1.66. The minimum absolute atomic E-state index is 0.0348. The first-order chi connectivity index (χ1) is 15.6. The molecule has 0 fully saturated rings. The number of sulfonamides is 1. The molecule has 0 aliphatic heterocycles. The summed E-state index contributed by atoms with van der Waals surface area (Å²) in [6.07, 6.45) is -0.285. The second kappa shape index (κ2) is 12.2. The van der Waals surface area contributed by atoms with Gasteiger partial charge < -0.3 is 19.7 Å². The standard InChI is InChI=1S/C21H24ClN3O7S/c1-25(13-19(26)24-16-6-4-7-17(12-16)31-2)20(27)14-32-21(28)9-10-23-33(29,30)18-8-3-5-15(22)11-18/h3-8,11-12,23H,9-10,13-14H2,1-2H3,(H,24,26). The molecule has 0 aromatic heterocycles. The number of nitrogens with one attached hydrogen (secondary N) is 2. The van der Waals surface area contributed by atoms with Crippen molar-refractivity contribution in [3.05, 3.63) is 53.6 Å². The average Bonchev–Trinajstić information content (AvgIpc) is 2.77. The number of esters is 1. The lowest BCUT2D eigenvalue weighted by Gasteiger charge is -2.17. The van der Waals surface area contributed by atoms with Crippen LogP contribution in [0.1, 0.15) is 6.42 Å². The Kier molecular flexibility index (Phi) is 9.64. The van der Waals surface area contributed by atoms with Gasteiger partial charge in [0.2, 0.25) is 15.9 Å². The van der Waals surface area contributed by atoms with Crippen molar-refractivity contribution < 1.29 is 32.3 Å². The molecule has 0 aliphatic rings. The monoisotopic (exact) mass is 497 g/mol. The third kappa shape index (κ3) is 8.72. The summed E-state index contributed by atoms with van der Waals surface area (Å²) in [5.74, 6) is -1.24. The molecule has 10 nitrogen and oxygen atoms in total. The summed E-state index contributed by atoms with van der Waals surface area (Å²) in [6, 6.07) is 12.4. The second-order valence-electron chi connectivity index (χ2n) is 6.80. The summed E-state index contributed by atoms with van der Waals surface area (Å²) < 4.78 is 36.5. The number of hydrogen-bond donors (Lipinski definition) is 2. The molecule has 0 spiro atoms. The summed E-state index contributed by atoms with van der Waals surface area (Å²) in [4.78, 5) is 37.1. The molecule has 0 unspecified atom stereocenters. The highest BCUT2D eigenvalue weighted by molar-refractivity contribution is 7.89. The topological polar surface area (TPSA) is 131 Å². The van der Waals surface area contributed by atoms with E-state index in [0.717, 1.165) is 4.90 Å². The lowest BCUT2D eigenvalue weighted by Crippen LogP contribution is -2.37. The third-order valence-corrected chi connectivity index (χ3v) is 5.94. The maximum absolute atomic E-state index is 12.2. The zero-order chi connectivity index (χ0) is 24.4. The SMILES string of the molecule is COc1cccc(NC(=O)CN(C)C(=O)COC(=O)CCNS(=O)(=O)c2cccc(Cl)c2)c1. The van der Waals surface area contributed by atoms with Gasteiger partial charge in [-0.25, -0.2) is 13.1 Å². The van der Waals surface area contributed by atoms with Crippen LogP contribution in [0.2, 0.25) is 5.02 Å². The van der Waals surface area contributed by atoms with Crippen LogP contribution in [0.15, 0.2) is 53.4 Å². The van der Waals surface area contributed by atoms with Gasteiger partial charge in [0.15, 0.2) is 6.61 Å². The molecular weight excluding hydrogens is 474 g/mol. The molecule has 0 atom stereocenters. The fourth-order valence-corrected chi connectivity index (χ4v) is 3.87. The maximum atomic E-state index is 12.2. The summed E-state index contributed by atoms with van der Waals surface area (Å²) >= 11 is 5.78. The van der Waals surface area contributed by atoms with E-state index >= 15 is 0 Å². The molecule has 0 aliphatic carbocycles. The number of ether oxygens (including phenoxy) is 2. The van der Waals surface area contributed by atoms with Crippen molar-refractivity contribution in [3.63, 3.8) is 0 Å². The summed E-state index contributed by atoms with van der Waals surface area (Å²) in [5.41, 5.74) is 0.506. The molecule has 2 N–H and O–H groups in total. The van der Waals surface area contributed by atoms with Gasteiger partial charge in [-0.05, 0) is 30.3 Å². The van der Waals surface area contributed by atoms with Crippen molar-refractivity contribution >= 4 is 45.1 Å². The molecule has 0 saturated carbocycles. The van der Waals surface area contributed by atoms with Gasteiger partial charge in [-0.2, -0.15) is 0 Å². The van der Waals surface area contributed by atoms with Crippen molar-refractivity contribution in [3.8, 4) is 5.75 Å². The molecule has 33 heavy (non-hydrogen) atoms. The number of carbonyl (C=O) groups excluding carboxylic acids is 3. The van der Waals surface area contributed by atoms with Gasteiger partial charge >= 0.3 is 5.97 Å². The van der Waals surface area contributed by atoms with E-state index in [-0.39, 0.29) is 29.4 Å². The highest BCUT2D eigenvalue weighted by Gasteiger charge is 2.17. The Morgan fingerprint density at radius 2 is 1.82 bits per heavy atom. The smallest absolute Gasteiger partial charge is 0.307 e. The van der Waals surface area contributed by atoms with E-state index in [1.54, 1.807) is 24.3 Å². The van der Waals surface area contributed by atoms with Gasteiger partial charge in [-0.1, -0.05) is 23.7 Å². The number of rotatable bonds is 11. The Morgan fingerprint density at radius 1 is 1.09 bits per heavy atom. The van der Waals surface area contributed by atoms with E-state index in [9.17, 15) is 22.8 Å². The molecule has 0 heterocycles. The van der Waals surface area contributed by atoms with Gasteiger partial charge in [0.05, 0.1) is 25.0 Å². The molecule has 178 valence electrons. The minimum atomic E-state index is -3.84. The van der Waals surface area contributed by atoms with E-state index in [1.165, 1.54) is 38.4 Å². The van der Waals surface area contributed by atoms with Gasteiger partial charge in [0.1, 0.15) is 5.75 Å². The average molecular weight is 498 g/mol. The maximum Gasteiger partial charge on any atom is 0.307 e. The van der Waals surface area contributed by atoms with E-state index in [0.29, 0.717) is 11.4 Å². The number of methoxy groups -OCH3 is 1. The zero-order valence-corrected chi connectivity index (χ0v) is 19.6. The van der Waals surface area contributed by atoms with Crippen LogP contribution >= 0.6 is 11.6 Å². The van der Waals surface area contributed by atoms with Gasteiger partial charge in [-0.3, -0.25) is 14.4 Å². The summed E-state index contributed by atoms with van der Waals surface area (Å²) in [7, 11) is -0.944. The first-order valence-corrected chi connectivity index (χ1v) is 11.6. The highest BCUT2D eigenvalue weighted by atomic mass is 35.5. The number of nitrogens with zero attached hydrogens (tertiary/aromatic N) is 1. The Labute approximate surface area is 196 Å². The van der Waals surface area contributed by atoms with Gasteiger partial charge in [0.25, 0.3) is 5.91 Å². The number of benzene rings is 2. The molecule has 2 aromatic rings. The number of likely N-dealkylation sites (N-methyl/N-ethyl adjacent to an activating group) is 1. The largest absolute Gasteiger partial charge is 0.497 e. The molecule has 0 bridgehead atoms. The molecule has 12 heteroatoms. The molecular formula is C21H24ClN3O7S. The molecule has 0 saturated heterocycles. The molecule has 2 aromatic carbocycles. The molecule has 2 amide bonds. The first kappa shape index (κ1) is 26.1. The fourth-order valence-electron chi connectivity index (χ4n) is 2.53. The van der Waals surface area contributed by atoms with Crippen LogP contribution in [-0.2, 0) is 29.1 Å². The van der Waals surface area contributed by atoms with Crippen LogP contribution in [0, 0.1) is 0 Å². The first-order valence-electron chi connectivity index (χ1n) is 9.69. The van der Waals surface area contributed by atoms with Gasteiger partial charge in [-0.15, -0.1) is 0 Å². The van der Waals surface area contributed by atoms with Gasteiger partial charge in [0, 0.05) is 30.4 Å². The van der Waals surface area contributed by atoms with Crippen molar-refractivity contribution in [2.45, 2.75) is 11.3 Å². The van der Waals surface area contributed by atoms with Crippen molar-refractivity contribution in [2.75, 3.05) is 39.2 Å². The normalized spacial score (nSPS) is 10.9. The van der Waals surface area contributed by atoms with Crippen LogP contribution < -0.4 is 14.8 Å². The van der Waals surface area contributed by atoms with Crippen LogP contribution in [-0.4, -0.2) is 65.0 Å². The Hall–Kier alpha value is -3.15. The van der Waals surface area contributed by atoms with Crippen LogP contribution in [0.25, 0.3) is 0 Å². The van der Waals surface area contributed by atoms with E-state index in [1.807, 2.05) is 0 Å². The Balaban J connectivity index is 1.72. The summed E-state index contributed by atoms with van der Waals surface area (Å²) in [6.45, 7) is -1.06. The van der Waals surface area contributed by atoms with E-state index in [4.69, 9.17) is 21.1 Å².